The van der Waals surface area contributed by atoms with Gasteiger partial charge in [0.15, 0.2) is 0 Å². The van der Waals surface area contributed by atoms with Gasteiger partial charge >= 0.3 is 0 Å². The van der Waals surface area contributed by atoms with E-state index in [0.29, 0.717) is 10.0 Å². The number of fused-ring (bicyclic) bond motifs is 3. The summed E-state index contributed by atoms with van der Waals surface area (Å²) in [5, 5.41) is 3.72. The Balaban J connectivity index is 1.71. The summed E-state index contributed by atoms with van der Waals surface area (Å²) in [5.41, 5.74) is 14.8. The van der Waals surface area contributed by atoms with Gasteiger partial charge in [0.05, 0.1) is 10.0 Å². The van der Waals surface area contributed by atoms with Crippen LogP contribution in [0.3, 0.4) is 0 Å². The minimum Gasteiger partial charge on any atom is -0.0827 e. The first-order valence-corrected chi connectivity index (χ1v) is 17.2. The maximum absolute atomic E-state index is 6.94. The maximum atomic E-state index is 6.94. The number of hydrogen-bond acceptors (Lipinski definition) is 0. The van der Waals surface area contributed by atoms with Crippen molar-refractivity contribution in [3.63, 3.8) is 0 Å². The van der Waals surface area contributed by atoms with E-state index in [1.165, 1.54) is 66.1 Å². The van der Waals surface area contributed by atoms with E-state index >= 15 is 0 Å². The number of rotatable bonds is 4. The zero-order valence-corrected chi connectivity index (χ0v) is 29.5. The van der Waals surface area contributed by atoms with Crippen molar-refractivity contribution >= 4 is 46.0 Å². The van der Waals surface area contributed by atoms with Gasteiger partial charge in [-0.1, -0.05) is 168 Å². The predicted octanol–water partition coefficient (Wildman–Crippen LogP) is 11.5. The van der Waals surface area contributed by atoms with Gasteiger partial charge in [-0.2, -0.15) is 0 Å². The van der Waals surface area contributed by atoms with E-state index in [1.807, 2.05) is 12.1 Å². The first kappa shape index (κ1) is 31.5. The molecular formula is C45H40Cl2. The summed E-state index contributed by atoms with van der Waals surface area (Å²) in [5.74, 6) is 0. The molecule has 47 heavy (non-hydrogen) atoms. The van der Waals surface area contributed by atoms with Gasteiger partial charge in [-0.25, -0.2) is 0 Å². The molecule has 0 amide bonds. The van der Waals surface area contributed by atoms with Crippen molar-refractivity contribution in [2.45, 2.75) is 58.8 Å². The van der Waals surface area contributed by atoms with E-state index in [9.17, 15) is 0 Å². The Morgan fingerprint density at radius 2 is 1.30 bits per heavy atom. The van der Waals surface area contributed by atoms with Crippen LogP contribution in [0, 0.1) is 0 Å². The number of halogens is 2. The third-order valence-electron chi connectivity index (χ3n) is 9.49. The van der Waals surface area contributed by atoms with Crippen LogP contribution < -0.4 is 10.4 Å². The van der Waals surface area contributed by atoms with Crippen LogP contribution in [0.15, 0.2) is 115 Å². The molecule has 2 aliphatic carbocycles. The summed E-state index contributed by atoms with van der Waals surface area (Å²) in [6.45, 7) is 13.9. The Morgan fingerprint density at radius 1 is 0.638 bits per heavy atom. The molecule has 0 radical (unpaired) electrons. The van der Waals surface area contributed by atoms with Gasteiger partial charge < -0.3 is 0 Å². The summed E-state index contributed by atoms with van der Waals surface area (Å²) < 4.78 is 0. The molecule has 7 rings (SSSR count). The lowest BCUT2D eigenvalue weighted by Crippen LogP contribution is -2.32. The van der Waals surface area contributed by atoms with E-state index in [1.54, 1.807) is 0 Å². The molecule has 0 spiro atoms. The lowest BCUT2D eigenvalue weighted by atomic mass is 9.75. The van der Waals surface area contributed by atoms with E-state index in [-0.39, 0.29) is 10.8 Å². The molecule has 0 fully saturated rings. The molecule has 234 valence electrons. The lowest BCUT2D eigenvalue weighted by molar-refractivity contribution is 0.583. The van der Waals surface area contributed by atoms with Crippen molar-refractivity contribution < 1.29 is 0 Å². The maximum Gasteiger partial charge on any atom is 0.0670 e. The Labute approximate surface area is 289 Å². The number of allylic oxidation sites excluding steroid dienone is 4. The summed E-state index contributed by atoms with van der Waals surface area (Å²) in [7, 11) is 0. The molecule has 2 heteroatoms. The Hall–Kier alpha value is -4.10. The standard InChI is InChI=1S/C45H40Cl2/c1-44(2,3)31-23-24-32-30(25-31)26-37-36(32)27-38(40(28-15-9-7-10-16-28)29-17-11-8-12-18-29)42(45(4,5)6)41(37)34-20-13-19-33(34)35-21-14-22-39(46)43(35)47/h7-19,21-27H,20H2,1-6H3. The molecular weight excluding hydrogens is 611 g/mol. The topological polar surface area (TPSA) is 0 Å². The Kier molecular flexibility index (Phi) is 7.94. The van der Waals surface area contributed by atoms with Gasteiger partial charge in [0, 0.05) is 5.56 Å². The van der Waals surface area contributed by atoms with Crippen LogP contribution in [0.5, 0.6) is 0 Å². The first-order chi connectivity index (χ1) is 22.4. The zero-order chi connectivity index (χ0) is 33.1. The van der Waals surface area contributed by atoms with E-state index in [2.05, 4.69) is 151 Å². The predicted molar refractivity (Wildman–Crippen MR) is 204 cm³/mol. The van der Waals surface area contributed by atoms with Crippen LogP contribution in [-0.2, 0) is 10.8 Å². The van der Waals surface area contributed by atoms with Crippen molar-refractivity contribution in [1.82, 2.24) is 0 Å². The normalized spacial score (nSPS) is 13.9. The van der Waals surface area contributed by atoms with Crippen LogP contribution >= 0.6 is 23.2 Å². The average Bonchev–Trinajstić information content (AvgIpc) is 3.67. The van der Waals surface area contributed by atoms with Gasteiger partial charge in [-0.3, -0.25) is 0 Å². The summed E-state index contributed by atoms with van der Waals surface area (Å²) in [6.07, 6.45) is 7.76. The van der Waals surface area contributed by atoms with Gasteiger partial charge in [0.1, 0.15) is 0 Å². The molecule has 0 aliphatic heterocycles. The fourth-order valence-corrected chi connectivity index (χ4v) is 7.71. The molecule has 0 aromatic heterocycles. The van der Waals surface area contributed by atoms with Crippen molar-refractivity contribution in [1.29, 1.82) is 0 Å². The van der Waals surface area contributed by atoms with Crippen LogP contribution in [0.25, 0.3) is 33.9 Å². The minimum absolute atomic E-state index is 0.0537. The SMILES string of the molecule is CC(C)(C)c1ccc2c(c1)C=c1c-2cc(=C(c2ccccc2)c2ccccc2)c(C(C)(C)C)c1C1=C(c2cccc(Cl)c2Cl)C=CC1. The van der Waals surface area contributed by atoms with Crippen molar-refractivity contribution in [2.24, 2.45) is 0 Å². The summed E-state index contributed by atoms with van der Waals surface area (Å²) in [4.78, 5) is 0. The van der Waals surface area contributed by atoms with Crippen LogP contribution in [-0.4, -0.2) is 0 Å². The lowest BCUT2D eigenvalue weighted by Gasteiger charge is -2.28. The highest BCUT2D eigenvalue weighted by atomic mass is 35.5. The van der Waals surface area contributed by atoms with Crippen molar-refractivity contribution in [2.75, 3.05) is 0 Å². The second-order valence-corrected chi connectivity index (χ2v) is 15.6. The summed E-state index contributed by atoms with van der Waals surface area (Å²) >= 11 is 13.5. The second kappa shape index (κ2) is 11.9. The molecule has 0 saturated heterocycles. The molecule has 0 saturated carbocycles. The number of hydrogen-bond donors (Lipinski definition) is 0. The van der Waals surface area contributed by atoms with Gasteiger partial charge in [-0.05, 0) is 107 Å². The van der Waals surface area contributed by atoms with E-state index in [0.717, 1.165) is 17.6 Å². The highest BCUT2D eigenvalue weighted by Crippen LogP contribution is 2.43. The average molecular weight is 652 g/mol. The third-order valence-corrected chi connectivity index (χ3v) is 10.3. The fraction of sp³-hybridized carbons (Fsp3) is 0.200. The van der Waals surface area contributed by atoms with Crippen molar-refractivity contribution in [3.05, 3.63) is 175 Å². The smallest absolute Gasteiger partial charge is 0.0670 e. The fourth-order valence-electron chi connectivity index (χ4n) is 7.30. The van der Waals surface area contributed by atoms with Gasteiger partial charge in [0.25, 0.3) is 0 Å². The molecule has 0 unspecified atom stereocenters. The van der Waals surface area contributed by atoms with Gasteiger partial charge in [-0.15, -0.1) is 0 Å². The highest BCUT2D eigenvalue weighted by molar-refractivity contribution is 6.43. The largest absolute Gasteiger partial charge is 0.0827 e. The molecule has 0 atom stereocenters. The molecule has 0 bridgehead atoms. The molecule has 0 nitrogen and oxygen atoms in total. The van der Waals surface area contributed by atoms with E-state index in [4.69, 9.17) is 23.2 Å². The minimum atomic E-state index is -0.188. The van der Waals surface area contributed by atoms with Crippen molar-refractivity contribution in [3.8, 4) is 11.1 Å². The second-order valence-electron chi connectivity index (χ2n) is 14.8. The monoisotopic (exact) mass is 650 g/mol. The molecule has 0 heterocycles. The highest BCUT2D eigenvalue weighted by Gasteiger charge is 2.31. The Morgan fingerprint density at radius 3 is 1.91 bits per heavy atom. The van der Waals surface area contributed by atoms with Crippen LogP contribution in [0.2, 0.25) is 10.0 Å². The molecule has 5 aromatic rings. The molecule has 0 N–H and O–H groups in total. The first-order valence-electron chi connectivity index (χ1n) is 16.5. The third kappa shape index (κ3) is 5.62. The van der Waals surface area contributed by atoms with Gasteiger partial charge in [0.2, 0.25) is 0 Å². The number of benzene rings is 5. The zero-order valence-electron chi connectivity index (χ0n) is 28.0. The Bertz CT molecular complexity index is 2180. The summed E-state index contributed by atoms with van der Waals surface area (Å²) in [6, 6.07) is 37.2. The van der Waals surface area contributed by atoms with E-state index < -0.39 is 0 Å². The molecule has 5 aromatic carbocycles. The van der Waals surface area contributed by atoms with Crippen LogP contribution in [0.4, 0.5) is 0 Å². The molecule has 2 aliphatic rings. The quantitative estimate of drug-likeness (QED) is 0.178. The van der Waals surface area contributed by atoms with Crippen LogP contribution in [0.1, 0.15) is 86.9 Å².